The van der Waals surface area contributed by atoms with Crippen molar-refractivity contribution in [2.24, 2.45) is 5.92 Å². The highest BCUT2D eigenvalue weighted by Gasteiger charge is 2.23. The molecule has 0 saturated carbocycles. The van der Waals surface area contributed by atoms with E-state index in [1.54, 1.807) is 17.0 Å². The molecular weight excluding hydrogens is 218 g/mol. The van der Waals surface area contributed by atoms with E-state index in [9.17, 15) is 9.59 Å². The number of ether oxygens (including phenoxy) is 1. The van der Waals surface area contributed by atoms with Crippen LogP contribution in [0.1, 0.15) is 12.8 Å². The average Bonchev–Trinajstić information content (AvgIpc) is 2.40. The number of hydrogen-bond donors (Lipinski definition) is 0. The summed E-state index contributed by atoms with van der Waals surface area (Å²) >= 11 is 0. The van der Waals surface area contributed by atoms with Crippen molar-refractivity contribution in [3.63, 3.8) is 0 Å². The van der Waals surface area contributed by atoms with Crippen molar-refractivity contribution in [2.75, 3.05) is 13.1 Å². The summed E-state index contributed by atoms with van der Waals surface area (Å²) in [5.41, 5.74) is 0. The number of piperidine rings is 1. The molecule has 1 amide bonds. The second-order valence-corrected chi connectivity index (χ2v) is 4.14. The highest BCUT2D eigenvalue weighted by Crippen LogP contribution is 2.17. The highest BCUT2D eigenvalue weighted by molar-refractivity contribution is 5.71. The number of benzene rings is 1. The lowest BCUT2D eigenvalue weighted by atomic mass is 9.99. The fourth-order valence-electron chi connectivity index (χ4n) is 1.87. The van der Waals surface area contributed by atoms with Crippen LogP contribution in [0.5, 0.6) is 5.75 Å². The molecule has 4 nitrogen and oxygen atoms in total. The van der Waals surface area contributed by atoms with Crippen molar-refractivity contribution in [3.8, 4) is 5.75 Å². The normalized spacial score (nSPS) is 16.6. The van der Waals surface area contributed by atoms with Gasteiger partial charge in [0.1, 0.15) is 12.0 Å². The third-order valence-corrected chi connectivity index (χ3v) is 2.94. The van der Waals surface area contributed by atoms with Crippen LogP contribution in [0, 0.1) is 5.92 Å². The molecule has 1 aromatic carbocycles. The Labute approximate surface area is 100 Å². The molecule has 2 rings (SSSR count). The molecule has 0 radical (unpaired) electrons. The smallest absolute Gasteiger partial charge is 0.410 e. The minimum Gasteiger partial charge on any atom is -0.410 e. The summed E-state index contributed by atoms with van der Waals surface area (Å²) in [5, 5.41) is 0. The van der Waals surface area contributed by atoms with Crippen LogP contribution in [0.4, 0.5) is 4.79 Å². The van der Waals surface area contributed by atoms with E-state index in [-0.39, 0.29) is 12.0 Å². The van der Waals surface area contributed by atoms with E-state index in [2.05, 4.69) is 0 Å². The van der Waals surface area contributed by atoms with Crippen LogP contribution in [-0.2, 0) is 4.79 Å². The number of nitrogens with zero attached hydrogens (tertiary/aromatic N) is 1. The zero-order valence-corrected chi connectivity index (χ0v) is 9.54. The van der Waals surface area contributed by atoms with Crippen LogP contribution in [0.15, 0.2) is 30.3 Å². The summed E-state index contributed by atoms with van der Waals surface area (Å²) in [4.78, 5) is 24.0. The Kier molecular flexibility index (Phi) is 3.75. The van der Waals surface area contributed by atoms with E-state index in [4.69, 9.17) is 4.74 Å². The van der Waals surface area contributed by atoms with Crippen molar-refractivity contribution in [1.29, 1.82) is 0 Å². The highest BCUT2D eigenvalue weighted by atomic mass is 16.6. The third kappa shape index (κ3) is 3.06. The molecule has 1 aliphatic heterocycles. The average molecular weight is 233 g/mol. The second kappa shape index (κ2) is 5.48. The fraction of sp³-hybridized carbons (Fsp3) is 0.385. The first kappa shape index (κ1) is 11.6. The molecule has 1 fully saturated rings. The Hall–Kier alpha value is -1.84. The van der Waals surface area contributed by atoms with Crippen molar-refractivity contribution < 1.29 is 14.3 Å². The van der Waals surface area contributed by atoms with Gasteiger partial charge in [0.2, 0.25) is 0 Å². The molecule has 4 heteroatoms. The monoisotopic (exact) mass is 233 g/mol. The zero-order chi connectivity index (χ0) is 12.1. The van der Waals surface area contributed by atoms with Gasteiger partial charge in [-0.05, 0) is 25.0 Å². The first-order chi connectivity index (χ1) is 8.29. The number of carbonyl (C=O) groups excluding carboxylic acids is 2. The minimum absolute atomic E-state index is 0.0933. The summed E-state index contributed by atoms with van der Waals surface area (Å²) in [7, 11) is 0. The molecule has 90 valence electrons. The standard InChI is InChI=1S/C13H15NO3/c15-10-11-6-8-14(9-7-11)13(16)17-12-4-2-1-3-5-12/h1-5,10-11H,6-9H2. The van der Waals surface area contributed by atoms with E-state index in [0.29, 0.717) is 18.8 Å². The molecule has 0 bridgehead atoms. The molecule has 1 aromatic rings. The van der Waals surface area contributed by atoms with E-state index in [1.807, 2.05) is 18.2 Å². The molecule has 1 heterocycles. The lowest BCUT2D eigenvalue weighted by molar-refractivity contribution is -0.112. The fourth-order valence-corrected chi connectivity index (χ4v) is 1.87. The quantitative estimate of drug-likeness (QED) is 0.735. The Balaban J connectivity index is 1.87. The number of carbonyl (C=O) groups is 2. The Morgan fingerprint density at radius 3 is 2.47 bits per heavy atom. The van der Waals surface area contributed by atoms with Crippen LogP contribution >= 0.6 is 0 Å². The van der Waals surface area contributed by atoms with Gasteiger partial charge in [0.25, 0.3) is 0 Å². The zero-order valence-electron chi connectivity index (χ0n) is 9.54. The summed E-state index contributed by atoms with van der Waals surface area (Å²) in [5.74, 6) is 0.644. The first-order valence-electron chi connectivity index (χ1n) is 5.76. The van der Waals surface area contributed by atoms with Gasteiger partial charge in [-0.1, -0.05) is 18.2 Å². The Morgan fingerprint density at radius 1 is 1.24 bits per heavy atom. The Bertz CT molecular complexity index is 383. The maximum atomic E-state index is 11.8. The summed E-state index contributed by atoms with van der Waals surface area (Å²) < 4.78 is 5.22. The van der Waals surface area contributed by atoms with Gasteiger partial charge < -0.3 is 14.4 Å². The van der Waals surface area contributed by atoms with Gasteiger partial charge in [-0.25, -0.2) is 4.79 Å². The Morgan fingerprint density at radius 2 is 1.88 bits per heavy atom. The topological polar surface area (TPSA) is 46.6 Å². The molecule has 0 spiro atoms. The molecule has 0 N–H and O–H groups in total. The van der Waals surface area contributed by atoms with Crippen molar-refractivity contribution >= 4 is 12.4 Å². The second-order valence-electron chi connectivity index (χ2n) is 4.14. The number of amides is 1. The maximum Gasteiger partial charge on any atom is 0.415 e. The molecule has 0 aromatic heterocycles. The van der Waals surface area contributed by atoms with Crippen LogP contribution in [0.25, 0.3) is 0 Å². The van der Waals surface area contributed by atoms with Gasteiger partial charge in [0.15, 0.2) is 0 Å². The van der Waals surface area contributed by atoms with Crippen molar-refractivity contribution in [2.45, 2.75) is 12.8 Å². The molecule has 1 aliphatic rings. The molecule has 0 atom stereocenters. The van der Waals surface area contributed by atoms with Crippen LogP contribution < -0.4 is 4.74 Å². The molecule has 17 heavy (non-hydrogen) atoms. The number of rotatable bonds is 2. The van der Waals surface area contributed by atoms with E-state index < -0.39 is 0 Å². The largest absolute Gasteiger partial charge is 0.415 e. The maximum absolute atomic E-state index is 11.8. The van der Waals surface area contributed by atoms with E-state index in [1.165, 1.54) is 0 Å². The summed E-state index contributed by atoms with van der Waals surface area (Å²) in [6.07, 6.45) is 2.10. The van der Waals surface area contributed by atoms with Gasteiger partial charge in [-0.15, -0.1) is 0 Å². The van der Waals surface area contributed by atoms with Crippen LogP contribution in [-0.4, -0.2) is 30.4 Å². The lowest BCUT2D eigenvalue weighted by Gasteiger charge is -2.28. The van der Waals surface area contributed by atoms with Gasteiger partial charge >= 0.3 is 6.09 Å². The van der Waals surface area contributed by atoms with Crippen molar-refractivity contribution in [1.82, 2.24) is 4.90 Å². The van der Waals surface area contributed by atoms with Crippen molar-refractivity contribution in [3.05, 3.63) is 30.3 Å². The summed E-state index contributed by atoms with van der Waals surface area (Å²) in [6, 6.07) is 9.00. The molecular formula is C13H15NO3. The molecule has 1 saturated heterocycles. The van der Waals surface area contributed by atoms with Crippen LogP contribution in [0.3, 0.4) is 0 Å². The SMILES string of the molecule is O=CC1CCN(C(=O)Oc2ccccc2)CC1. The number of aldehydes is 1. The van der Waals surface area contributed by atoms with Gasteiger partial charge in [-0.3, -0.25) is 0 Å². The van der Waals surface area contributed by atoms with Gasteiger partial charge in [0, 0.05) is 19.0 Å². The molecule has 0 unspecified atom stereocenters. The first-order valence-corrected chi connectivity index (χ1v) is 5.76. The van der Waals surface area contributed by atoms with Gasteiger partial charge in [0.05, 0.1) is 0 Å². The van der Waals surface area contributed by atoms with E-state index >= 15 is 0 Å². The number of para-hydroxylation sites is 1. The molecule has 0 aliphatic carbocycles. The number of likely N-dealkylation sites (tertiary alicyclic amines) is 1. The predicted molar refractivity (Wildman–Crippen MR) is 62.8 cm³/mol. The predicted octanol–water partition coefficient (Wildman–Crippen LogP) is 2.10. The third-order valence-electron chi connectivity index (χ3n) is 2.94. The van der Waals surface area contributed by atoms with Gasteiger partial charge in [-0.2, -0.15) is 0 Å². The lowest BCUT2D eigenvalue weighted by Crippen LogP contribution is -2.40. The minimum atomic E-state index is -0.333. The van der Waals surface area contributed by atoms with E-state index in [0.717, 1.165) is 19.1 Å². The van der Waals surface area contributed by atoms with Crippen LogP contribution in [0.2, 0.25) is 0 Å². The number of hydrogen-bond acceptors (Lipinski definition) is 3. The summed E-state index contributed by atoms with van der Waals surface area (Å²) in [6.45, 7) is 1.18.